The van der Waals surface area contributed by atoms with Crippen molar-refractivity contribution in [3.05, 3.63) is 35.9 Å². The monoisotopic (exact) mass is 310 g/mol. The van der Waals surface area contributed by atoms with Gasteiger partial charge in [-0.3, -0.25) is 4.79 Å². The molecule has 1 unspecified atom stereocenters. The number of hydrogen-bond acceptors (Lipinski definition) is 2. The number of hydrogen-bond donors (Lipinski definition) is 1. The van der Waals surface area contributed by atoms with Crippen molar-refractivity contribution in [3.8, 4) is 0 Å². The predicted molar refractivity (Wildman–Crippen MR) is 89.4 cm³/mol. The smallest absolute Gasteiger partial charge is 0.224 e. The predicted octanol–water partition coefficient (Wildman–Crippen LogP) is 3.39. The van der Waals surface area contributed by atoms with Crippen molar-refractivity contribution >= 4 is 18.3 Å². The van der Waals surface area contributed by atoms with Crippen LogP contribution in [0.25, 0.3) is 0 Å². The molecule has 0 saturated carbocycles. The van der Waals surface area contributed by atoms with E-state index in [0.717, 1.165) is 43.3 Å². The topological polar surface area (TPSA) is 46.3 Å². The average Bonchev–Trinajstić information content (AvgIpc) is 2.48. The van der Waals surface area contributed by atoms with Crippen molar-refractivity contribution in [2.24, 2.45) is 17.6 Å². The quantitative estimate of drug-likeness (QED) is 0.926. The maximum absolute atomic E-state index is 12.3. The summed E-state index contributed by atoms with van der Waals surface area (Å²) in [6, 6.07) is 9.69. The Morgan fingerprint density at radius 3 is 2.33 bits per heavy atom. The minimum absolute atomic E-state index is 0. The molecule has 1 atom stereocenters. The van der Waals surface area contributed by atoms with Crippen LogP contribution in [0.3, 0.4) is 0 Å². The molecule has 1 saturated heterocycles. The molecule has 1 aromatic carbocycles. The van der Waals surface area contributed by atoms with Crippen molar-refractivity contribution in [2.75, 3.05) is 13.1 Å². The Kier molecular flexibility index (Phi) is 7.20. The third-order valence-corrected chi connectivity index (χ3v) is 4.46. The molecule has 2 rings (SSSR count). The average molecular weight is 311 g/mol. The number of carbonyl (C=O) groups excluding carboxylic acids is 1. The van der Waals surface area contributed by atoms with Gasteiger partial charge in [0.15, 0.2) is 0 Å². The summed E-state index contributed by atoms with van der Waals surface area (Å²) in [5, 5.41) is 0. The van der Waals surface area contributed by atoms with Gasteiger partial charge in [0.1, 0.15) is 0 Å². The molecular formula is C17H27ClN2O. The molecule has 3 nitrogen and oxygen atoms in total. The van der Waals surface area contributed by atoms with E-state index in [2.05, 4.69) is 13.8 Å². The molecular weight excluding hydrogens is 284 g/mol. The van der Waals surface area contributed by atoms with Crippen LogP contribution in [-0.2, 0) is 4.79 Å². The van der Waals surface area contributed by atoms with Crippen LogP contribution in [0, 0.1) is 11.8 Å². The summed E-state index contributed by atoms with van der Waals surface area (Å²) in [5.41, 5.74) is 7.17. The van der Waals surface area contributed by atoms with Gasteiger partial charge in [-0.05, 0) is 30.2 Å². The molecule has 1 aliphatic heterocycles. The van der Waals surface area contributed by atoms with E-state index in [1.807, 2.05) is 35.2 Å². The Bertz CT molecular complexity index is 428. The van der Waals surface area contributed by atoms with Gasteiger partial charge in [0.2, 0.25) is 5.91 Å². The number of likely N-dealkylation sites (tertiary alicyclic amines) is 1. The fourth-order valence-electron chi connectivity index (χ4n) is 2.95. The molecule has 118 valence electrons. The Hall–Kier alpha value is -1.06. The molecule has 0 aliphatic carbocycles. The van der Waals surface area contributed by atoms with Gasteiger partial charge in [0, 0.05) is 25.6 Å². The van der Waals surface area contributed by atoms with Crippen molar-refractivity contribution < 1.29 is 4.79 Å². The summed E-state index contributed by atoms with van der Waals surface area (Å²) in [6.07, 6.45) is 2.67. The maximum atomic E-state index is 12.3. The van der Waals surface area contributed by atoms with Crippen molar-refractivity contribution in [1.29, 1.82) is 0 Å². The van der Waals surface area contributed by atoms with Gasteiger partial charge in [-0.25, -0.2) is 0 Å². The molecule has 4 heteroatoms. The Labute approximate surface area is 134 Å². The number of halogens is 1. The van der Waals surface area contributed by atoms with Gasteiger partial charge >= 0.3 is 0 Å². The fraction of sp³-hybridized carbons (Fsp3) is 0.588. The molecule has 1 heterocycles. The lowest BCUT2D eigenvalue weighted by atomic mass is 9.86. The summed E-state index contributed by atoms with van der Waals surface area (Å²) in [4.78, 5) is 14.3. The van der Waals surface area contributed by atoms with Gasteiger partial charge < -0.3 is 10.6 Å². The van der Waals surface area contributed by atoms with Crippen molar-refractivity contribution in [2.45, 2.75) is 39.2 Å². The van der Waals surface area contributed by atoms with Gasteiger partial charge in [0.25, 0.3) is 0 Å². The van der Waals surface area contributed by atoms with Crippen molar-refractivity contribution in [1.82, 2.24) is 4.90 Å². The van der Waals surface area contributed by atoms with Crippen LogP contribution in [-0.4, -0.2) is 23.9 Å². The Balaban J connectivity index is 0.00000220. The molecule has 2 N–H and O–H groups in total. The molecule has 21 heavy (non-hydrogen) atoms. The molecule has 1 amide bonds. The highest BCUT2D eigenvalue weighted by Gasteiger charge is 2.25. The van der Waals surface area contributed by atoms with E-state index in [1.165, 1.54) is 0 Å². The summed E-state index contributed by atoms with van der Waals surface area (Å²) in [5.74, 6) is 1.68. The minimum Gasteiger partial charge on any atom is -0.343 e. The van der Waals surface area contributed by atoms with Crippen LogP contribution in [0.4, 0.5) is 0 Å². The Morgan fingerprint density at radius 2 is 1.81 bits per heavy atom. The largest absolute Gasteiger partial charge is 0.343 e. The van der Waals surface area contributed by atoms with E-state index in [9.17, 15) is 4.79 Å². The molecule has 1 fully saturated rings. The van der Waals surface area contributed by atoms with E-state index in [0.29, 0.717) is 6.42 Å². The summed E-state index contributed by atoms with van der Waals surface area (Å²) in [6.45, 7) is 6.33. The second kappa shape index (κ2) is 8.40. The van der Waals surface area contributed by atoms with Gasteiger partial charge in [-0.1, -0.05) is 44.2 Å². The molecule has 0 spiro atoms. The van der Waals surface area contributed by atoms with Crippen LogP contribution >= 0.6 is 12.4 Å². The van der Waals surface area contributed by atoms with E-state index < -0.39 is 0 Å². The number of benzene rings is 1. The second-order valence-electron chi connectivity index (χ2n) is 6.18. The van der Waals surface area contributed by atoms with Crippen LogP contribution < -0.4 is 5.73 Å². The number of carbonyl (C=O) groups is 1. The third-order valence-electron chi connectivity index (χ3n) is 4.46. The number of nitrogens with zero attached hydrogens (tertiary/aromatic N) is 1. The first-order valence-corrected chi connectivity index (χ1v) is 7.66. The first-order valence-electron chi connectivity index (χ1n) is 7.66. The van der Waals surface area contributed by atoms with Gasteiger partial charge in [-0.15, -0.1) is 12.4 Å². The number of nitrogens with two attached hydrogens (primary N) is 1. The summed E-state index contributed by atoms with van der Waals surface area (Å²) in [7, 11) is 0. The van der Waals surface area contributed by atoms with E-state index >= 15 is 0 Å². The highest BCUT2D eigenvalue weighted by molar-refractivity contribution is 5.85. The highest BCUT2D eigenvalue weighted by atomic mass is 35.5. The normalized spacial score (nSPS) is 17.4. The van der Waals surface area contributed by atoms with Crippen LogP contribution in [0.2, 0.25) is 0 Å². The van der Waals surface area contributed by atoms with Crippen LogP contribution in [0.15, 0.2) is 30.3 Å². The minimum atomic E-state index is -0.188. The zero-order chi connectivity index (χ0) is 14.5. The molecule has 0 radical (unpaired) electrons. The van der Waals surface area contributed by atoms with Crippen molar-refractivity contribution in [3.63, 3.8) is 0 Å². The van der Waals surface area contributed by atoms with Crippen LogP contribution in [0.1, 0.15) is 44.7 Å². The summed E-state index contributed by atoms with van der Waals surface area (Å²) < 4.78 is 0. The second-order valence-corrected chi connectivity index (χ2v) is 6.18. The van der Waals surface area contributed by atoms with Gasteiger partial charge in [0.05, 0.1) is 0 Å². The zero-order valence-corrected chi connectivity index (χ0v) is 13.8. The lowest BCUT2D eigenvalue weighted by Gasteiger charge is -2.34. The van der Waals surface area contributed by atoms with E-state index in [4.69, 9.17) is 5.73 Å². The van der Waals surface area contributed by atoms with Crippen LogP contribution in [0.5, 0.6) is 0 Å². The molecule has 1 aliphatic rings. The van der Waals surface area contributed by atoms with E-state index in [1.54, 1.807) is 0 Å². The summed E-state index contributed by atoms with van der Waals surface area (Å²) >= 11 is 0. The highest BCUT2D eigenvalue weighted by Crippen LogP contribution is 2.25. The maximum Gasteiger partial charge on any atom is 0.224 e. The Morgan fingerprint density at radius 1 is 1.24 bits per heavy atom. The number of piperidine rings is 1. The zero-order valence-electron chi connectivity index (χ0n) is 13.0. The SMILES string of the molecule is CC(C)C1CCN(C(=O)CC(N)c2ccccc2)CC1.Cl. The third kappa shape index (κ3) is 5.01. The van der Waals surface area contributed by atoms with E-state index in [-0.39, 0.29) is 24.4 Å². The molecule has 1 aromatic rings. The number of amides is 1. The lowest BCUT2D eigenvalue weighted by Crippen LogP contribution is -2.40. The first-order chi connectivity index (χ1) is 9.58. The van der Waals surface area contributed by atoms with Gasteiger partial charge in [-0.2, -0.15) is 0 Å². The first kappa shape index (κ1) is 18.0. The number of rotatable bonds is 4. The molecule has 0 aromatic heterocycles. The lowest BCUT2D eigenvalue weighted by molar-refractivity contribution is -0.133. The fourth-order valence-corrected chi connectivity index (χ4v) is 2.95. The standard InChI is InChI=1S/C17H26N2O.ClH/c1-13(2)14-8-10-19(11-9-14)17(20)12-16(18)15-6-4-3-5-7-15;/h3-7,13-14,16H,8-12,18H2,1-2H3;1H. The molecule has 0 bridgehead atoms.